The summed E-state index contributed by atoms with van der Waals surface area (Å²) in [4.78, 5) is 0. The summed E-state index contributed by atoms with van der Waals surface area (Å²) in [6.07, 6.45) is 0. The number of rotatable bonds is 2. The van der Waals surface area contributed by atoms with Gasteiger partial charge in [0.2, 0.25) is 0 Å². The summed E-state index contributed by atoms with van der Waals surface area (Å²) in [5, 5.41) is 10.3. The lowest BCUT2D eigenvalue weighted by Crippen LogP contribution is -2.14. The lowest BCUT2D eigenvalue weighted by Gasteiger charge is -2.21. The molecule has 0 saturated carbocycles. The van der Waals surface area contributed by atoms with E-state index in [1.165, 1.54) is 87.6 Å². The van der Waals surface area contributed by atoms with Crippen LogP contribution in [0.3, 0.4) is 0 Å². The Balaban J connectivity index is 1.23. The fourth-order valence-electron chi connectivity index (χ4n) is 7.61. The van der Waals surface area contributed by atoms with Crippen molar-refractivity contribution >= 4 is 43.1 Å². The van der Waals surface area contributed by atoms with Crippen LogP contribution in [0, 0.1) is 0 Å². The lowest BCUT2D eigenvalue weighted by atomic mass is 9.82. The summed E-state index contributed by atoms with van der Waals surface area (Å²) in [5.74, 6) is 0. The minimum Gasteiger partial charge on any atom is -0.0619 e. The molecule has 0 bridgehead atoms. The van der Waals surface area contributed by atoms with Crippen molar-refractivity contribution in [2.24, 2.45) is 0 Å². The summed E-state index contributed by atoms with van der Waals surface area (Å²) in [6, 6.07) is 54.3. The second kappa shape index (κ2) is 8.90. The van der Waals surface area contributed by atoms with Crippen molar-refractivity contribution in [3.05, 3.63) is 157 Å². The Labute approximate surface area is 251 Å². The standard InChI is InChI=1S/C43H30/c1-43(2)40-17-8-7-16-36(40)39-24-30-19-18-29(23-33(30)26-41(39)43)28-12-9-13-32(22-28)42-35-15-6-4-11-31(35)25-38-34-14-5-3-10-27(34)20-21-37(38)42/h3-26H,1-2H3. The Morgan fingerprint density at radius 2 is 1.07 bits per heavy atom. The molecule has 0 saturated heterocycles. The van der Waals surface area contributed by atoms with E-state index in [0.717, 1.165) is 0 Å². The molecule has 8 aromatic rings. The zero-order valence-electron chi connectivity index (χ0n) is 24.4. The Bertz CT molecular complexity index is 2420. The van der Waals surface area contributed by atoms with Crippen molar-refractivity contribution in [2.45, 2.75) is 19.3 Å². The van der Waals surface area contributed by atoms with Gasteiger partial charge in [0.25, 0.3) is 0 Å². The Kier molecular flexibility index (Phi) is 5.05. The van der Waals surface area contributed by atoms with Crippen LogP contribution in [0.4, 0.5) is 0 Å². The molecule has 0 atom stereocenters. The van der Waals surface area contributed by atoms with Crippen molar-refractivity contribution in [3.8, 4) is 33.4 Å². The smallest absolute Gasteiger partial charge is 0.0159 e. The third-order valence-corrected chi connectivity index (χ3v) is 9.80. The van der Waals surface area contributed by atoms with Gasteiger partial charge in [-0.1, -0.05) is 129 Å². The van der Waals surface area contributed by atoms with Crippen LogP contribution in [0.1, 0.15) is 25.0 Å². The number of benzene rings is 8. The maximum Gasteiger partial charge on any atom is 0.0159 e. The van der Waals surface area contributed by atoms with Gasteiger partial charge in [0.05, 0.1) is 0 Å². The van der Waals surface area contributed by atoms with Gasteiger partial charge in [-0.25, -0.2) is 0 Å². The molecule has 0 aromatic heterocycles. The normalized spacial score (nSPS) is 13.5. The highest BCUT2D eigenvalue weighted by Crippen LogP contribution is 2.50. The van der Waals surface area contributed by atoms with E-state index in [1.807, 2.05) is 0 Å². The number of hydrogen-bond donors (Lipinski definition) is 0. The fourth-order valence-corrected chi connectivity index (χ4v) is 7.61. The van der Waals surface area contributed by atoms with Gasteiger partial charge in [-0.3, -0.25) is 0 Å². The molecule has 202 valence electrons. The highest BCUT2D eigenvalue weighted by molar-refractivity contribution is 6.20. The number of fused-ring (bicyclic) bond motifs is 8. The monoisotopic (exact) mass is 546 g/mol. The van der Waals surface area contributed by atoms with E-state index >= 15 is 0 Å². The summed E-state index contributed by atoms with van der Waals surface area (Å²) in [5.41, 5.74) is 10.6. The number of hydrogen-bond acceptors (Lipinski definition) is 0. The molecule has 0 N–H and O–H groups in total. The van der Waals surface area contributed by atoms with Gasteiger partial charge in [-0.15, -0.1) is 0 Å². The van der Waals surface area contributed by atoms with E-state index in [-0.39, 0.29) is 5.41 Å². The summed E-state index contributed by atoms with van der Waals surface area (Å²) in [7, 11) is 0. The molecule has 0 heterocycles. The molecule has 1 aliphatic carbocycles. The molecular formula is C43H30. The Hall–Kier alpha value is -5.20. The summed E-state index contributed by atoms with van der Waals surface area (Å²) < 4.78 is 0. The molecule has 0 spiro atoms. The molecule has 0 heteroatoms. The van der Waals surface area contributed by atoms with Crippen LogP contribution in [-0.2, 0) is 5.41 Å². The van der Waals surface area contributed by atoms with Crippen LogP contribution in [0.5, 0.6) is 0 Å². The Morgan fingerprint density at radius 1 is 0.349 bits per heavy atom. The topological polar surface area (TPSA) is 0 Å². The van der Waals surface area contributed by atoms with E-state index in [9.17, 15) is 0 Å². The quantitative estimate of drug-likeness (QED) is 0.149. The van der Waals surface area contributed by atoms with Crippen LogP contribution in [0.25, 0.3) is 76.5 Å². The minimum atomic E-state index is -0.00433. The first kappa shape index (κ1) is 24.4. The second-order valence-electron chi connectivity index (χ2n) is 12.6. The summed E-state index contributed by atoms with van der Waals surface area (Å²) >= 11 is 0. The molecule has 0 radical (unpaired) electrons. The lowest BCUT2D eigenvalue weighted by molar-refractivity contribution is 0.661. The molecule has 9 rings (SSSR count). The largest absolute Gasteiger partial charge is 0.0619 e. The first-order chi connectivity index (χ1) is 21.1. The van der Waals surface area contributed by atoms with Gasteiger partial charge < -0.3 is 0 Å². The predicted octanol–water partition coefficient (Wildman–Crippen LogP) is 11.9. The average Bonchev–Trinajstić information content (AvgIpc) is 3.28. The molecule has 0 nitrogen and oxygen atoms in total. The van der Waals surface area contributed by atoms with E-state index in [4.69, 9.17) is 0 Å². The van der Waals surface area contributed by atoms with Crippen LogP contribution < -0.4 is 0 Å². The maximum absolute atomic E-state index is 2.43. The van der Waals surface area contributed by atoms with Crippen molar-refractivity contribution in [1.29, 1.82) is 0 Å². The van der Waals surface area contributed by atoms with Gasteiger partial charge in [-0.2, -0.15) is 0 Å². The fraction of sp³-hybridized carbons (Fsp3) is 0.0698. The van der Waals surface area contributed by atoms with Crippen LogP contribution in [0.2, 0.25) is 0 Å². The van der Waals surface area contributed by atoms with Gasteiger partial charge in [-0.05, 0) is 118 Å². The van der Waals surface area contributed by atoms with E-state index < -0.39 is 0 Å². The van der Waals surface area contributed by atoms with Crippen molar-refractivity contribution in [1.82, 2.24) is 0 Å². The summed E-state index contributed by atoms with van der Waals surface area (Å²) in [6.45, 7) is 4.71. The van der Waals surface area contributed by atoms with Gasteiger partial charge in [0, 0.05) is 5.41 Å². The first-order valence-corrected chi connectivity index (χ1v) is 15.2. The van der Waals surface area contributed by atoms with E-state index in [1.54, 1.807) is 0 Å². The van der Waals surface area contributed by atoms with E-state index in [0.29, 0.717) is 0 Å². The first-order valence-electron chi connectivity index (χ1n) is 15.2. The molecular weight excluding hydrogens is 516 g/mol. The molecule has 0 amide bonds. The van der Waals surface area contributed by atoms with Gasteiger partial charge >= 0.3 is 0 Å². The van der Waals surface area contributed by atoms with Crippen molar-refractivity contribution in [3.63, 3.8) is 0 Å². The third-order valence-electron chi connectivity index (χ3n) is 9.80. The zero-order valence-corrected chi connectivity index (χ0v) is 24.4. The van der Waals surface area contributed by atoms with Crippen molar-refractivity contribution < 1.29 is 0 Å². The minimum absolute atomic E-state index is 0.00433. The SMILES string of the molecule is CC1(C)c2ccccc2-c2cc3ccc(-c4cccc(-c5c6ccccc6cc6c5ccc5ccccc56)c4)cc3cc21. The van der Waals surface area contributed by atoms with Gasteiger partial charge in [0.15, 0.2) is 0 Å². The maximum atomic E-state index is 2.43. The Morgan fingerprint density at radius 3 is 1.98 bits per heavy atom. The predicted molar refractivity (Wildman–Crippen MR) is 185 cm³/mol. The van der Waals surface area contributed by atoms with Crippen molar-refractivity contribution in [2.75, 3.05) is 0 Å². The molecule has 0 aliphatic heterocycles. The molecule has 8 aromatic carbocycles. The molecule has 0 unspecified atom stereocenters. The van der Waals surface area contributed by atoms with Crippen LogP contribution in [0.15, 0.2) is 146 Å². The highest BCUT2D eigenvalue weighted by Gasteiger charge is 2.35. The highest BCUT2D eigenvalue weighted by atomic mass is 14.4. The second-order valence-corrected chi connectivity index (χ2v) is 12.6. The van der Waals surface area contributed by atoms with Crippen LogP contribution in [-0.4, -0.2) is 0 Å². The molecule has 0 fully saturated rings. The third kappa shape index (κ3) is 3.57. The molecule has 1 aliphatic rings. The average molecular weight is 547 g/mol. The zero-order chi connectivity index (χ0) is 28.7. The molecule has 43 heavy (non-hydrogen) atoms. The van der Waals surface area contributed by atoms with E-state index in [2.05, 4.69) is 159 Å². The van der Waals surface area contributed by atoms with Crippen LogP contribution >= 0.6 is 0 Å². The van der Waals surface area contributed by atoms with Gasteiger partial charge in [0.1, 0.15) is 0 Å².